The molecule has 0 unspecified atom stereocenters. The van der Waals surface area contributed by atoms with Gasteiger partial charge in [0.05, 0.1) is 6.21 Å². The average molecular weight is 441 g/mol. The zero-order chi connectivity index (χ0) is 20.9. The summed E-state index contributed by atoms with van der Waals surface area (Å²) in [4.78, 5) is 9.28. The van der Waals surface area contributed by atoms with Crippen molar-refractivity contribution in [2.24, 2.45) is 10.8 Å². The van der Waals surface area contributed by atoms with Crippen molar-refractivity contribution < 1.29 is 4.42 Å². The molecular formula is C21H21ClN6OS. The van der Waals surface area contributed by atoms with Crippen LogP contribution in [0.2, 0.25) is 5.02 Å². The number of rotatable bonds is 5. The van der Waals surface area contributed by atoms with Crippen LogP contribution in [0, 0.1) is 0 Å². The summed E-state index contributed by atoms with van der Waals surface area (Å²) in [5, 5.41) is 4.75. The largest absolute Gasteiger partial charge is 0.455 e. The number of halogens is 1. The van der Waals surface area contributed by atoms with Gasteiger partial charge in [-0.25, -0.2) is 4.98 Å². The Kier molecular flexibility index (Phi) is 6.15. The standard InChI is InChI=1S/C21H21ClN6OS/c22-16-2-4-17(5-3-16)27-9-11-28(12-10-27)20-8-1-15(13-24-20)19-7-6-18(29-19)14-25-26-21(23)30/h1-8,13-14H,9-12H2,(H3,23,26,30)/b25-14+. The van der Waals surface area contributed by atoms with Gasteiger partial charge in [-0.15, -0.1) is 0 Å². The van der Waals surface area contributed by atoms with Crippen LogP contribution in [-0.2, 0) is 0 Å². The molecule has 1 aromatic carbocycles. The lowest BCUT2D eigenvalue weighted by Gasteiger charge is -2.36. The first-order chi connectivity index (χ1) is 14.6. The lowest BCUT2D eigenvalue weighted by Crippen LogP contribution is -2.46. The van der Waals surface area contributed by atoms with Crippen LogP contribution in [0.3, 0.4) is 0 Å². The third-order valence-corrected chi connectivity index (χ3v) is 5.16. The van der Waals surface area contributed by atoms with E-state index in [-0.39, 0.29) is 5.11 Å². The summed E-state index contributed by atoms with van der Waals surface area (Å²) in [6.45, 7) is 3.69. The Morgan fingerprint density at radius 1 is 1.07 bits per heavy atom. The first-order valence-corrected chi connectivity index (χ1v) is 10.3. The molecule has 1 fully saturated rings. The van der Waals surface area contributed by atoms with Crippen LogP contribution in [0.25, 0.3) is 11.3 Å². The minimum absolute atomic E-state index is 0.104. The van der Waals surface area contributed by atoms with Gasteiger partial charge in [0.2, 0.25) is 0 Å². The predicted octanol–water partition coefficient (Wildman–Crippen LogP) is 3.49. The van der Waals surface area contributed by atoms with E-state index in [0.29, 0.717) is 5.76 Å². The molecule has 0 aliphatic carbocycles. The third kappa shape index (κ3) is 4.90. The van der Waals surface area contributed by atoms with Gasteiger partial charge in [-0.3, -0.25) is 5.43 Å². The van der Waals surface area contributed by atoms with Gasteiger partial charge in [-0.05, 0) is 60.7 Å². The maximum absolute atomic E-state index is 5.99. The van der Waals surface area contributed by atoms with Crippen molar-refractivity contribution in [2.75, 3.05) is 36.0 Å². The minimum Gasteiger partial charge on any atom is -0.455 e. The van der Waals surface area contributed by atoms with Gasteiger partial charge in [-0.2, -0.15) is 5.10 Å². The van der Waals surface area contributed by atoms with Gasteiger partial charge in [0.1, 0.15) is 17.3 Å². The Labute approximate surface area is 185 Å². The smallest absolute Gasteiger partial charge is 0.184 e. The summed E-state index contributed by atoms with van der Waals surface area (Å²) in [5.74, 6) is 2.28. The number of nitrogens with two attached hydrogens (primary N) is 1. The third-order valence-electron chi connectivity index (χ3n) is 4.82. The van der Waals surface area contributed by atoms with Crippen molar-refractivity contribution >= 4 is 46.7 Å². The molecule has 1 aliphatic heterocycles. The molecule has 2 aromatic heterocycles. The second-order valence-electron chi connectivity index (χ2n) is 6.79. The van der Waals surface area contributed by atoms with Crippen LogP contribution in [0.1, 0.15) is 5.76 Å². The highest BCUT2D eigenvalue weighted by Crippen LogP contribution is 2.25. The molecule has 4 rings (SSSR count). The molecule has 7 nitrogen and oxygen atoms in total. The van der Waals surface area contributed by atoms with Crippen LogP contribution in [0.15, 0.2) is 64.2 Å². The number of thiocarbonyl (C=S) groups is 1. The van der Waals surface area contributed by atoms with Crippen molar-refractivity contribution in [3.63, 3.8) is 0 Å². The molecule has 0 spiro atoms. The number of hydrogen-bond acceptors (Lipinski definition) is 6. The van der Waals surface area contributed by atoms with E-state index in [2.05, 4.69) is 37.4 Å². The summed E-state index contributed by atoms with van der Waals surface area (Å²) < 4.78 is 5.77. The van der Waals surface area contributed by atoms with Gasteiger partial charge in [-0.1, -0.05) is 11.6 Å². The molecular weight excluding hydrogens is 420 g/mol. The Balaban J connectivity index is 1.36. The maximum Gasteiger partial charge on any atom is 0.184 e. The Morgan fingerprint density at radius 3 is 2.47 bits per heavy atom. The fourth-order valence-corrected chi connectivity index (χ4v) is 3.48. The van der Waals surface area contributed by atoms with Crippen molar-refractivity contribution in [1.82, 2.24) is 10.4 Å². The highest BCUT2D eigenvalue weighted by molar-refractivity contribution is 7.80. The topological polar surface area (TPSA) is 82.9 Å². The van der Waals surface area contributed by atoms with E-state index in [1.165, 1.54) is 11.9 Å². The molecule has 30 heavy (non-hydrogen) atoms. The molecule has 3 aromatic rings. The summed E-state index contributed by atoms with van der Waals surface area (Å²) in [7, 11) is 0. The molecule has 0 amide bonds. The summed E-state index contributed by atoms with van der Waals surface area (Å²) in [6.07, 6.45) is 3.35. The molecule has 0 radical (unpaired) electrons. The molecule has 0 bridgehead atoms. The van der Waals surface area contributed by atoms with Crippen LogP contribution in [0.4, 0.5) is 11.5 Å². The molecule has 1 saturated heterocycles. The van der Waals surface area contributed by atoms with Crippen molar-refractivity contribution in [3.8, 4) is 11.3 Å². The number of aromatic nitrogens is 1. The van der Waals surface area contributed by atoms with E-state index >= 15 is 0 Å². The fraction of sp³-hybridized carbons (Fsp3) is 0.190. The lowest BCUT2D eigenvalue weighted by atomic mass is 10.2. The molecule has 0 atom stereocenters. The molecule has 154 valence electrons. The number of pyridine rings is 1. The summed E-state index contributed by atoms with van der Waals surface area (Å²) in [5.41, 5.74) is 9.92. The van der Waals surface area contributed by atoms with E-state index in [9.17, 15) is 0 Å². The first kappa shape index (κ1) is 20.2. The fourth-order valence-electron chi connectivity index (χ4n) is 3.30. The van der Waals surface area contributed by atoms with Crippen molar-refractivity contribution in [1.29, 1.82) is 0 Å². The lowest BCUT2D eigenvalue weighted by molar-refractivity contribution is 0.574. The monoisotopic (exact) mass is 440 g/mol. The number of furan rings is 1. The minimum atomic E-state index is 0.104. The zero-order valence-corrected chi connectivity index (χ0v) is 17.7. The van der Waals surface area contributed by atoms with E-state index in [4.69, 9.17) is 34.0 Å². The Morgan fingerprint density at radius 2 is 1.80 bits per heavy atom. The number of hydrazone groups is 1. The van der Waals surface area contributed by atoms with Crippen LogP contribution < -0.4 is 21.0 Å². The Bertz CT molecular complexity index is 1030. The van der Waals surface area contributed by atoms with Gasteiger partial charge >= 0.3 is 0 Å². The number of benzene rings is 1. The molecule has 3 heterocycles. The average Bonchev–Trinajstić information content (AvgIpc) is 3.23. The second-order valence-corrected chi connectivity index (χ2v) is 7.67. The normalized spacial score (nSPS) is 14.3. The van der Waals surface area contributed by atoms with Gasteiger partial charge in [0, 0.05) is 48.6 Å². The number of piperazine rings is 1. The SMILES string of the molecule is NC(=S)N/N=C/c1ccc(-c2ccc(N3CCN(c4ccc(Cl)cc4)CC3)nc2)o1. The zero-order valence-electron chi connectivity index (χ0n) is 16.2. The quantitative estimate of drug-likeness (QED) is 0.357. The van der Waals surface area contributed by atoms with Gasteiger partial charge < -0.3 is 20.0 Å². The van der Waals surface area contributed by atoms with Crippen LogP contribution >= 0.6 is 23.8 Å². The molecule has 3 N–H and O–H groups in total. The van der Waals surface area contributed by atoms with E-state index in [1.54, 1.807) is 0 Å². The number of anilines is 2. The summed E-state index contributed by atoms with van der Waals surface area (Å²) >= 11 is 10.7. The summed E-state index contributed by atoms with van der Waals surface area (Å²) in [6, 6.07) is 15.7. The molecule has 0 saturated carbocycles. The number of nitrogens with zero attached hydrogens (tertiary/aromatic N) is 4. The number of hydrogen-bond donors (Lipinski definition) is 2. The highest BCUT2D eigenvalue weighted by Gasteiger charge is 2.18. The van der Waals surface area contributed by atoms with Crippen LogP contribution in [-0.4, -0.2) is 42.5 Å². The molecule has 9 heteroatoms. The van der Waals surface area contributed by atoms with E-state index in [1.807, 2.05) is 42.6 Å². The number of nitrogens with one attached hydrogen (secondary N) is 1. The van der Waals surface area contributed by atoms with Gasteiger partial charge in [0.25, 0.3) is 0 Å². The maximum atomic E-state index is 5.99. The Hall–Kier alpha value is -3.10. The van der Waals surface area contributed by atoms with Crippen molar-refractivity contribution in [3.05, 3.63) is 65.5 Å². The second kappa shape index (κ2) is 9.15. The molecule has 1 aliphatic rings. The van der Waals surface area contributed by atoms with Crippen LogP contribution in [0.5, 0.6) is 0 Å². The predicted molar refractivity (Wildman–Crippen MR) is 125 cm³/mol. The highest BCUT2D eigenvalue weighted by atomic mass is 35.5. The first-order valence-electron chi connectivity index (χ1n) is 9.49. The van der Waals surface area contributed by atoms with E-state index in [0.717, 1.165) is 48.3 Å². The van der Waals surface area contributed by atoms with Gasteiger partial charge in [0.15, 0.2) is 5.11 Å². The van der Waals surface area contributed by atoms with E-state index < -0.39 is 0 Å². The van der Waals surface area contributed by atoms with Crippen molar-refractivity contribution in [2.45, 2.75) is 0 Å².